The van der Waals surface area contributed by atoms with Crippen LogP contribution in [0.5, 0.6) is 17.6 Å². The van der Waals surface area contributed by atoms with E-state index in [-0.39, 0.29) is 30.9 Å². The Balaban J connectivity index is 1.56. The molecule has 0 saturated heterocycles. The molecule has 0 aliphatic rings. The number of rotatable bonds is 11. The van der Waals surface area contributed by atoms with Crippen molar-refractivity contribution in [2.75, 3.05) is 36.4 Å². The van der Waals surface area contributed by atoms with Gasteiger partial charge >= 0.3 is 16.2 Å². The van der Waals surface area contributed by atoms with Gasteiger partial charge in [0.25, 0.3) is 0 Å². The van der Waals surface area contributed by atoms with E-state index in [0.29, 0.717) is 27.6 Å². The lowest BCUT2D eigenvalue weighted by Gasteiger charge is -2.21. The van der Waals surface area contributed by atoms with Crippen LogP contribution in [0.2, 0.25) is 5.02 Å². The van der Waals surface area contributed by atoms with E-state index >= 15 is 0 Å². The van der Waals surface area contributed by atoms with Crippen molar-refractivity contribution >= 4 is 33.3 Å². The first kappa shape index (κ1) is 25.9. The molecule has 12 nitrogen and oxygen atoms in total. The largest absolute Gasteiger partial charge is 0.494 e. The molecular weight excluding hydrogens is 522 g/mol. The number of hydrogen-bond acceptors (Lipinski definition) is 10. The van der Waals surface area contributed by atoms with Crippen LogP contribution in [0.15, 0.2) is 67.5 Å². The van der Waals surface area contributed by atoms with Gasteiger partial charge in [-0.25, -0.2) is 14.7 Å². The van der Waals surface area contributed by atoms with Gasteiger partial charge in [-0.2, -0.15) is 18.4 Å². The van der Waals surface area contributed by atoms with Gasteiger partial charge in [-0.1, -0.05) is 23.7 Å². The first-order valence-corrected chi connectivity index (χ1v) is 12.6. The minimum Gasteiger partial charge on any atom is -0.494 e. The predicted molar refractivity (Wildman–Crippen MR) is 137 cm³/mol. The molecule has 1 N–H and O–H groups in total. The zero-order valence-corrected chi connectivity index (χ0v) is 21.3. The van der Waals surface area contributed by atoms with Gasteiger partial charge in [-0.15, -0.1) is 0 Å². The summed E-state index contributed by atoms with van der Waals surface area (Å²) in [4.78, 5) is 20.4. The second kappa shape index (κ2) is 11.7. The molecule has 0 amide bonds. The Kier molecular flexibility index (Phi) is 8.15. The molecule has 3 aromatic heterocycles. The lowest BCUT2D eigenvalue weighted by Crippen LogP contribution is -2.33. The van der Waals surface area contributed by atoms with E-state index in [1.807, 2.05) is 0 Å². The molecule has 14 heteroatoms. The number of anilines is 2. The number of aromatic nitrogens is 5. The lowest BCUT2D eigenvalue weighted by atomic mass is 10.1. The van der Waals surface area contributed by atoms with Gasteiger partial charge in [0.2, 0.25) is 5.88 Å². The van der Waals surface area contributed by atoms with Crippen molar-refractivity contribution in [1.82, 2.24) is 24.9 Å². The van der Waals surface area contributed by atoms with Gasteiger partial charge in [0.15, 0.2) is 11.6 Å². The minimum absolute atomic E-state index is 0.0210. The topological polar surface area (TPSA) is 142 Å². The fourth-order valence-electron chi connectivity index (χ4n) is 3.07. The van der Waals surface area contributed by atoms with Crippen molar-refractivity contribution in [3.8, 4) is 28.8 Å². The molecule has 37 heavy (non-hydrogen) atoms. The first-order valence-electron chi connectivity index (χ1n) is 10.8. The molecule has 0 saturated carbocycles. The van der Waals surface area contributed by atoms with Crippen molar-refractivity contribution in [1.29, 1.82) is 0 Å². The molecule has 0 fully saturated rings. The summed E-state index contributed by atoms with van der Waals surface area (Å²) in [7, 11) is -1.13. The standard InChI is InChI=1S/C23H22ClN7O5S/c1-31(18-7-9-25-10-8-18)37(32,33)30-21-20(16-3-5-17(24)6-4-16)22(29-15-28-21)35-11-12-36-23-26-13-19(34-2)14-27-23/h3-10,13-15H,11-12H2,1-2H3,(H,28,29,30). The van der Waals surface area contributed by atoms with Crippen LogP contribution in [0, 0.1) is 0 Å². The smallest absolute Gasteiger partial charge is 0.324 e. The molecule has 0 atom stereocenters. The number of hydrogen-bond donors (Lipinski definition) is 1. The van der Waals surface area contributed by atoms with Gasteiger partial charge < -0.3 is 14.2 Å². The Morgan fingerprint density at radius 1 is 0.946 bits per heavy atom. The summed E-state index contributed by atoms with van der Waals surface area (Å²) < 4.78 is 46.2. The van der Waals surface area contributed by atoms with E-state index in [2.05, 4.69) is 29.6 Å². The van der Waals surface area contributed by atoms with Crippen molar-refractivity contribution in [2.45, 2.75) is 0 Å². The molecule has 192 valence electrons. The van der Waals surface area contributed by atoms with Crippen molar-refractivity contribution in [3.63, 3.8) is 0 Å². The molecular formula is C23H22ClN7O5S. The monoisotopic (exact) mass is 543 g/mol. The molecule has 0 spiro atoms. The van der Waals surface area contributed by atoms with E-state index in [1.54, 1.807) is 36.4 Å². The molecule has 0 radical (unpaired) electrons. The van der Waals surface area contributed by atoms with E-state index in [4.69, 9.17) is 25.8 Å². The number of pyridine rings is 1. The first-order chi connectivity index (χ1) is 17.9. The average Bonchev–Trinajstić information content (AvgIpc) is 2.92. The average molecular weight is 544 g/mol. The maximum absolute atomic E-state index is 13.1. The lowest BCUT2D eigenvalue weighted by molar-refractivity contribution is 0.201. The van der Waals surface area contributed by atoms with Crippen LogP contribution in [0.3, 0.4) is 0 Å². The second-order valence-electron chi connectivity index (χ2n) is 7.29. The summed E-state index contributed by atoms with van der Waals surface area (Å²) in [5, 5.41) is 0.510. The van der Waals surface area contributed by atoms with Gasteiger partial charge in [0.1, 0.15) is 19.5 Å². The van der Waals surface area contributed by atoms with Crippen LogP contribution in [-0.2, 0) is 10.2 Å². The maximum Gasteiger partial charge on any atom is 0.324 e. The van der Waals surface area contributed by atoms with E-state index < -0.39 is 10.2 Å². The van der Waals surface area contributed by atoms with E-state index in [1.165, 1.54) is 45.3 Å². The van der Waals surface area contributed by atoms with Crippen LogP contribution in [0.25, 0.3) is 11.1 Å². The number of benzene rings is 1. The fourth-order valence-corrected chi connectivity index (χ4v) is 4.13. The molecule has 4 aromatic rings. The Bertz CT molecular complexity index is 1430. The van der Waals surface area contributed by atoms with Crippen LogP contribution >= 0.6 is 11.6 Å². The molecule has 3 heterocycles. The number of nitrogens with zero attached hydrogens (tertiary/aromatic N) is 6. The van der Waals surface area contributed by atoms with Crippen LogP contribution in [-0.4, -0.2) is 60.7 Å². The number of nitrogens with one attached hydrogen (secondary N) is 1. The summed E-state index contributed by atoms with van der Waals surface area (Å²) >= 11 is 6.05. The Labute approximate surface area is 218 Å². The third-order valence-corrected chi connectivity index (χ3v) is 6.59. The van der Waals surface area contributed by atoms with Crippen LogP contribution in [0.1, 0.15) is 0 Å². The molecule has 0 aliphatic carbocycles. The third-order valence-electron chi connectivity index (χ3n) is 4.95. The maximum atomic E-state index is 13.1. The van der Waals surface area contributed by atoms with Gasteiger partial charge in [0, 0.05) is 24.5 Å². The quantitative estimate of drug-likeness (QED) is 0.280. The van der Waals surface area contributed by atoms with Gasteiger partial charge in [0.05, 0.1) is 30.8 Å². The second-order valence-corrected chi connectivity index (χ2v) is 9.43. The van der Waals surface area contributed by atoms with Crippen LogP contribution < -0.4 is 23.2 Å². The van der Waals surface area contributed by atoms with Gasteiger partial charge in [-0.05, 0) is 29.8 Å². The Morgan fingerprint density at radius 2 is 1.62 bits per heavy atom. The highest BCUT2D eigenvalue weighted by molar-refractivity contribution is 7.94. The third kappa shape index (κ3) is 6.51. The highest BCUT2D eigenvalue weighted by atomic mass is 35.5. The van der Waals surface area contributed by atoms with Crippen molar-refractivity contribution in [2.24, 2.45) is 0 Å². The van der Waals surface area contributed by atoms with E-state index in [9.17, 15) is 8.42 Å². The predicted octanol–water partition coefficient (Wildman–Crippen LogP) is 3.24. The number of halogens is 1. The van der Waals surface area contributed by atoms with Crippen LogP contribution in [0.4, 0.5) is 11.5 Å². The minimum atomic E-state index is -4.06. The summed E-state index contributed by atoms with van der Waals surface area (Å²) in [6, 6.07) is 10.0. The zero-order valence-electron chi connectivity index (χ0n) is 19.8. The fraction of sp³-hybridized carbons (Fsp3) is 0.174. The Hall–Kier alpha value is -4.23. The number of methoxy groups -OCH3 is 1. The van der Waals surface area contributed by atoms with Crippen molar-refractivity contribution < 1.29 is 22.6 Å². The summed E-state index contributed by atoms with van der Waals surface area (Å²) in [6.45, 7) is 0.165. The highest BCUT2D eigenvalue weighted by Crippen LogP contribution is 2.35. The zero-order chi connectivity index (χ0) is 26.3. The summed E-state index contributed by atoms with van der Waals surface area (Å²) in [6.07, 6.45) is 7.15. The molecule has 0 bridgehead atoms. The molecule has 4 rings (SSSR count). The molecule has 1 aromatic carbocycles. The van der Waals surface area contributed by atoms with Gasteiger partial charge in [-0.3, -0.25) is 9.29 Å². The molecule has 0 unspecified atom stereocenters. The summed E-state index contributed by atoms with van der Waals surface area (Å²) in [5.41, 5.74) is 1.33. The highest BCUT2D eigenvalue weighted by Gasteiger charge is 2.23. The number of ether oxygens (including phenoxy) is 3. The SMILES string of the molecule is COc1cnc(OCCOc2ncnc(NS(=O)(=O)N(C)c3ccncc3)c2-c2ccc(Cl)cc2)nc1. The van der Waals surface area contributed by atoms with Crippen molar-refractivity contribution in [3.05, 3.63) is 72.5 Å². The van der Waals surface area contributed by atoms with E-state index in [0.717, 1.165) is 4.31 Å². The Morgan fingerprint density at radius 3 is 2.30 bits per heavy atom. The summed E-state index contributed by atoms with van der Waals surface area (Å²) in [5.74, 6) is 0.662. The normalized spacial score (nSPS) is 11.0. The molecule has 0 aliphatic heterocycles.